The third-order valence-electron chi connectivity index (χ3n) is 3.74. The summed E-state index contributed by atoms with van der Waals surface area (Å²) < 4.78 is 11.4. The van der Waals surface area contributed by atoms with Crippen molar-refractivity contribution in [3.63, 3.8) is 0 Å². The summed E-state index contributed by atoms with van der Waals surface area (Å²) in [6, 6.07) is 14.5. The largest absolute Gasteiger partial charge is 0.497 e. The van der Waals surface area contributed by atoms with Crippen molar-refractivity contribution >= 4 is 33.7 Å². The van der Waals surface area contributed by atoms with Gasteiger partial charge in [0.15, 0.2) is 0 Å². The molecule has 0 aliphatic heterocycles. The number of hydrazone groups is 1. The fraction of sp³-hybridized carbons (Fsp3) is 0.0526. The summed E-state index contributed by atoms with van der Waals surface area (Å²) in [5.41, 5.74) is 3.01. The van der Waals surface area contributed by atoms with Crippen molar-refractivity contribution in [1.82, 2.24) is 5.43 Å². The quantitative estimate of drug-likeness (QED) is 0.345. The van der Waals surface area contributed by atoms with Crippen molar-refractivity contribution < 1.29 is 18.9 Å². The van der Waals surface area contributed by atoms with E-state index in [4.69, 9.17) is 9.15 Å². The molecule has 1 heterocycles. The maximum absolute atomic E-state index is 12.0. The van der Waals surface area contributed by atoms with Crippen molar-refractivity contribution in [3.05, 3.63) is 80.5 Å². The van der Waals surface area contributed by atoms with Gasteiger partial charge in [-0.25, -0.2) is 5.43 Å². The summed E-state index contributed by atoms with van der Waals surface area (Å²) in [7, 11) is 1.43. The predicted octanol–water partition coefficient (Wildman–Crippen LogP) is 4.39. The Kier molecular flexibility index (Phi) is 5.85. The minimum Gasteiger partial charge on any atom is -0.497 e. The molecule has 0 spiro atoms. The van der Waals surface area contributed by atoms with Crippen LogP contribution < -0.4 is 10.2 Å². The Morgan fingerprint density at radius 3 is 2.79 bits per heavy atom. The van der Waals surface area contributed by atoms with Crippen molar-refractivity contribution in [2.24, 2.45) is 5.10 Å². The molecule has 0 atom stereocenters. The van der Waals surface area contributed by atoms with E-state index < -0.39 is 4.92 Å². The van der Waals surface area contributed by atoms with E-state index in [-0.39, 0.29) is 11.6 Å². The third kappa shape index (κ3) is 4.44. The zero-order valence-corrected chi connectivity index (χ0v) is 16.2. The number of nitro groups is 1. The summed E-state index contributed by atoms with van der Waals surface area (Å²) in [6.07, 6.45) is 1.31. The fourth-order valence-corrected chi connectivity index (χ4v) is 2.81. The summed E-state index contributed by atoms with van der Waals surface area (Å²) in [6.45, 7) is 0. The molecule has 0 unspecified atom stereocenters. The highest BCUT2D eigenvalue weighted by Crippen LogP contribution is 2.33. The smallest absolute Gasteiger partial charge is 0.284 e. The Bertz CT molecular complexity index is 1060. The van der Waals surface area contributed by atoms with Crippen LogP contribution in [0.25, 0.3) is 11.3 Å². The molecule has 0 saturated heterocycles. The van der Waals surface area contributed by atoms with Crippen LogP contribution in [-0.2, 0) is 0 Å². The van der Waals surface area contributed by atoms with Crippen molar-refractivity contribution in [2.45, 2.75) is 0 Å². The van der Waals surface area contributed by atoms with E-state index in [0.29, 0.717) is 28.4 Å². The first-order valence-electron chi connectivity index (χ1n) is 7.99. The molecule has 0 radical (unpaired) electrons. The summed E-state index contributed by atoms with van der Waals surface area (Å²) in [5.74, 6) is 0.623. The second-order valence-corrected chi connectivity index (χ2v) is 6.47. The monoisotopic (exact) mass is 443 g/mol. The molecule has 0 aliphatic carbocycles. The number of benzene rings is 2. The maximum Gasteiger partial charge on any atom is 0.284 e. The number of nitrogens with one attached hydrogen (secondary N) is 1. The molecule has 1 aromatic heterocycles. The second kappa shape index (κ2) is 8.49. The number of ether oxygens (including phenoxy) is 1. The van der Waals surface area contributed by atoms with Crippen molar-refractivity contribution in [2.75, 3.05) is 7.11 Å². The number of halogens is 1. The van der Waals surface area contributed by atoms with Crippen LogP contribution in [0.3, 0.4) is 0 Å². The lowest BCUT2D eigenvalue weighted by molar-refractivity contribution is -0.384. The van der Waals surface area contributed by atoms with E-state index in [2.05, 4.69) is 26.5 Å². The number of nitrogens with zero attached hydrogens (tertiary/aromatic N) is 2. The Balaban J connectivity index is 1.75. The van der Waals surface area contributed by atoms with E-state index in [0.717, 1.165) is 4.47 Å². The number of methoxy groups -OCH3 is 1. The normalized spacial score (nSPS) is 10.8. The molecule has 0 fully saturated rings. The number of hydrogen-bond donors (Lipinski definition) is 1. The Morgan fingerprint density at radius 2 is 2.07 bits per heavy atom. The maximum atomic E-state index is 12.0. The van der Waals surface area contributed by atoms with Crippen molar-refractivity contribution in [1.29, 1.82) is 0 Å². The average molecular weight is 444 g/mol. The molecule has 0 saturated carbocycles. The van der Waals surface area contributed by atoms with Crippen LogP contribution in [0, 0.1) is 10.1 Å². The van der Waals surface area contributed by atoms with E-state index >= 15 is 0 Å². The molecule has 2 aromatic carbocycles. The fourth-order valence-electron chi connectivity index (χ4n) is 2.41. The second-order valence-electron chi connectivity index (χ2n) is 5.55. The van der Waals surface area contributed by atoms with Crippen LogP contribution in [0.4, 0.5) is 5.69 Å². The summed E-state index contributed by atoms with van der Waals surface area (Å²) in [4.78, 5) is 22.8. The van der Waals surface area contributed by atoms with Gasteiger partial charge in [0.05, 0.1) is 29.9 Å². The van der Waals surface area contributed by atoms with Gasteiger partial charge in [-0.3, -0.25) is 14.9 Å². The Morgan fingerprint density at radius 1 is 1.25 bits per heavy atom. The molecule has 3 aromatic rings. The minimum absolute atomic E-state index is 0.139. The van der Waals surface area contributed by atoms with Gasteiger partial charge in [0, 0.05) is 10.0 Å². The number of furan rings is 1. The molecule has 0 aliphatic rings. The molecule has 3 rings (SSSR count). The summed E-state index contributed by atoms with van der Waals surface area (Å²) in [5, 5.41) is 15.2. The molecule has 8 nitrogen and oxygen atoms in total. The Labute approximate surface area is 168 Å². The number of carbonyl (C=O) groups is 1. The molecular weight excluding hydrogens is 430 g/mol. The molecule has 142 valence electrons. The van der Waals surface area contributed by atoms with Gasteiger partial charge < -0.3 is 9.15 Å². The van der Waals surface area contributed by atoms with E-state index in [1.54, 1.807) is 42.5 Å². The van der Waals surface area contributed by atoms with Gasteiger partial charge in [0.1, 0.15) is 17.3 Å². The van der Waals surface area contributed by atoms with E-state index in [1.165, 1.54) is 19.4 Å². The highest BCUT2D eigenvalue weighted by atomic mass is 79.9. The topological polar surface area (TPSA) is 107 Å². The van der Waals surface area contributed by atoms with E-state index in [9.17, 15) is 14.9 Å². The minimum atomic E-state index is -0.508. The lowest BCUT2D eigenvalue weighted by Crippen LogP contribution is -2.17. The zero-order chi connectivity index (χ0) is 20.1. The van der Waals surface area contributed by atoms with E-state index in [1.807, 2.05) is 6.07 Å². The number of amides is 1. The molecule has 0 bridgehead atoms. The first kappa shape index (κ1) is 19.3. The first-order chi connectivity index (χ1) is 13.5. The van der Waals surface area contributed by atoms with Crippen LogP contribution in [0.15, 0.2) is 68.6 Å². The number of rotatable bonds is 6. The van der Waals surface area contributed by atoms with Crippen LogP contribution in [0.5, 0.6) is 5.75 Å². The zero-order valence-electron chi connectivity index (χ0n) is 14.6. The van der Waals surface area contributed by atoms with Crippen LogP contribution in [0.2, 0.25) is 0 Å². The highest BCUT2D eigenvalue weighted by molar-refractivity contribution is 9.10. The lowest BCUT2D eigenvalue weighted by atomic mass is 10.1. The number of nitro benzene ring substituents is 1. The average Bonchev–Trinajstić information content (AvgIpc) is 3.16. The van der Waals surface area contributed by atoms with Gasteiger partial charge in [-0.05, 0) is 42.5 Å². The summed E-state index contributed by atoms with van der Waals surface area (Å²) >= 11 is 3.30. The third-order valence-corrected chi connectivity index (χ3v) is 4.23. The Hall–Kier alpha value is -3.46. The predicted molar refractivity (Wildman–Crippen MR) is 107 cm³/mol. The molecule has 1 N–H and O–H groups in total. The van der Waals surface area contributed by atoms with Crippen LogP contribution in [0.1, 0.15) is 16.1 Å². The van der Waals surface area contributed by atoms with Crippen LogP contribution >= 0.6 is 15.9 Å². The SMILES string of the molecule is COc1ccc(-c2ccc(C=NNC(=O)c3cccc(Br)c3)o2)c([N+](=O)[O-])c1. The van der Waals surface area contributed by atoms with Gasteiger partial charge in [0.2, 0.25) is 0 Å². The van der Waals surface area contributed by atoms with Crippen molar-refractivity contribution in [3.8, 4) is 17.1 Å². The first-order valence-corrected chi connectivity index (χ1v) is 8.79. The lowest BCUT2D eigenvalue weighted by Gasteiger charge is -2.03. The van der Waals surface area contributed by atoms with Gasteiger partial charge in [0.25, 0.3) is 11.6 Å². The van der Waals surface area contributed by atoms with Gasteiger partial charge in [-0.1, -0.05) is 22.0 Å². The molecule has 9 heteroatoms. The molecule has 1 amide bonds. The molecular formula is C19H14BrN3O5. The van der Waals surface area contributed by atoms with Gasteiger partial charge in [-0.15, -0.1) is 0 Å². The number of carbonyl (C=O) groups excluding carboxylic acids is 1. The standard InChI is InChI=1S/C19H14BrN3O5/c1-27-14-5-7-16(17(10-14)23(25)26)18-8-6-15(28-18)11-21-22-19(24)12-3-2-4-13(20)9-12/h2-11H,1H3,(H,22,24). The highest BCUT2D eigenvalue weighted by Gasteiger charge is 2.19. The van der Waals surface area contributed by atoms with Crippen LogP contribution in [-0.4, -0.2) is 24.2 Å². The number of hydrogen-bond acceptors (Lipinski definition) is 6. The van der Waals surface area contributed by atoms with Gasteiger partial charge in [-0.2, -0.15) is 5.10 Å². The molecule has 28 heavy (non-hydrogen) atoms. The van der Waals surface area contributed by atoms with Gasteiger partial charge >= 0.3 is 0 Å².